The van der Waals surface area contributed by atoms with Gasteiger partial charge >= 0.3 is 6.18 Å². The van der Waals surface area contributed by atoms with E-state index in [-0.39, 0.29) is 12.8 Å². The first kappa shape index (κ1) is 18.8. The van der Waals surface area contributed by atoms with Crippen LogP contribution in [0.4, 0.5) is 13.2 Å². The quantitative estimate of drug-likeness (QED) is 0.488. The molecule has 1 atom stereocenters. The van der Waals surface area contributed by atoms with Crippen molar-refractivity contribution < 1.29 is 18.3 Å². The number of hydrogen-bond acceptors (Lipinski definition) is 1. The lowest BCUT2D eigenvalue weighted by molar-refractivity contribution is -0.137. The summed E-state index contributed by atoms with van der Waals surface area (Å²) in [6, 6.07) is 0. The lowest BCUT2D eigenvalue weighted by atomic mass is 9.92. The smallest absolute Gasteiger partial charge is 0.389 e. The fraction of sp³-hybridized carbons (Fsp3) is 1.00. The van der Waals surface area contributed by atoms with Crippen LogP contribution in [-0.2, 0) is 0 Å². The molecule has 0 saturated heterocycles. The summed E-state index contributed by atoms with van der Waals surface area (Å²) in [5, 5.41) is 9.98. The molecule has 0 bridgehead atoms. The third-order valence-electron chi connectivity index (χ3n) is 3.49. The number of alkyl halides is 3. The van der Waals surface area contributed by atoms with Gasteiger partial charge in [-0.15, -0.1) is 0 Å². The molecule has 0 saturated carbocycles. The van der Waals surface area contributed by atoms with E-state index in [9.17, 15) is 18.3 Å². The Morgan fingerprint density at radius 2 is 1.21 bits per heavy atom. The van der Waals surface area contributed by atoms with Crippen LogP contribution in [0.1, 0.15) is 84.5 Å². The third kappa shape index (κ3) is 14.0. The molecule has 1 unspecified atom stereocenters. The van der Waals surface area contributed by atoms with E-state index >= 15 is 0 Å². The number of hydrogen-bond donors (Lipinski definition) is 1. The van der Waals surface area contributed by atoms with Crippen LogP contribution in [0.5, 0.6) is 0 Å². The summed E-state index contributed by atoms with van der Waals surface area (Å²) in [4.78, 5) is 0. The average molecular weight is 282 g/mol. The number of halogens is 3. The lowest BCUT2D eigenvalue weighted by Crippen LogP contribution is -2.24. The molecule has 0 aliphatic heterocycles. The maximum Gasteiger partial charge on any atom is 0.389 e. The van der Waals surface area contributed by atoms with E-state index in [1.807, 2.05) is 0 Å². The summed E-state index contributed by atoms with van der Waals surface area (Å²) in [6.07, 6.45) is 4.11. The van der Waals surface area contributed by atoms with Gasteiger partial charge in [-0.1, -0.05) is 51.9 Å². The van der Waals surface area contributed by atoms with Crippen molar-refractivity contribution in [2.75, 3.05) is 0 Å². The zero-order valence-corrected chi connectivity index (χ0v) is 12.4. The molecule has 19 heavy (non-hydrogen) atoms. The van der Waals surface area contributed by atoms with Gasteiger partial charge in [-0.25, -0.2) is 0 Å². The van der Waals surface area contributed by atoms with Crippen molar-refractivity contribution in [3.05, 3.63) is 0 Å². The maximum atomic E-state index is 12.0. The van der Waals surface area contributed by atoms with Gasteiger partial charge in [-0.2, -0.15) is 13.2 Å². The fourth-order valence-electron chi connectivity index (χ4n) is 2.26. The molecule has 0 aromatic heterocycles. The summed E-state index contributed by atoms with van der Waals surface area (Å²) in [5.74, 6) is 0. The highest BCUT2D eigenvalue weighted by molar-refractivity contribution is 4.73. The van der Waals surface area contributed by atoms with E-state index in [1.165, 1.54) is 32.1 Å². The molecular formula is C15H29F3O. The van der Waals surface area contributed by atoms with Crippen LogP contribution in [0.2, 0.25) is 0 Å². The first-order valence-corrected chi connectivity index (χ1v) is 7.56. The normalized spacial score (nSPS) is 15.5. The second kappa shape index (κ2) is 9.62. The molecule has 1 nitrogen and oxygen atoms in total. The molecule has 0 spiro atoms. The van der Waals surface area contributed by atoms with E-state index in [4.69, 9.17) is 0 Å². The molecule has 0 rings (SSSR count). The van der Waals surface area contributed by atoms with Gasteiger partial charge in [0.1, 0.15) is 0 Å². The van der Waals surface area contributed by atoms with E-state index < -0.39 is 18.2 Å². The second-order valence-electron chi connectivity index (χ2n) is 5.84. The van der Waals surface area contributed by atoms with Crippen LogP contribution >= 0.6 is 0 Å². The zero-order chi connectivity index (χ0) is 14.8. The summed E-state index contributed by atoms with van der Waals surface area (Å²) in [7, 11) is 0. The van der Waals surface area contributed by atoms with Crippen molar-refractivity contribution in [1.82, 2.24) is 0 Å². The Kier molecular flexibility index (Phi) is 9.50. The summed E-state index contributed by atoms with van der Waals surface area (Å²) >= 11 is 0. The molecular weight excluding hydrogens is 253 g/mol. The number of rotatable bonds is 11. The molecule has 4 heteroatoms. The lowest BCUT2D eigenvalue weighted by Gasteiger charge is -2.23. The van der Waals surface area contributed by atoms with Gasteiger partial charge < -0.3 is 5.11 Å². The Labute approximate surface area is 115 Å². The second-order valence-corrected chi connectivity index (χ2v) is 5.84. The van der Waals surface area contributed by atoms with E-state index in [1.54, 1.807) is 6.92 Å². The maximum absolute atomic E-state index is 12.0. The summed E-state index contributed by atoms with van der Waals surface area (Å²) in [5.41, 5.74) is -0.936. The van der Waals surface area contributed by atoms with Gasteiger partial charge in [-0.3, -0.25) is 0 Å². The monoisotopic (exact) mass is 282 g/mol. The Hall–Kier alpha value is -0.250. The standard InChI is InChI=1S/C15H29F3O/c1-3-4-5-6-7-8-9-11-14(2,19)12-10-13-15(16,17)18/h19H,3-13H2,1-2H3. The predicted molar refractivity (Wildman–Crippen MR) is 73.1 cm³/mol. The molecule has 1 N–H and O–H groups in total. The zero-order valence-electron chi connectivity index (χ0n) is 12.4. The number of aliphatic hydroxyl groups is 1. The van der Waals surface area contributed by atoms with Gasteiger partial charge in [-0.05, 0) is 26.2 Å². The molecule has 0 aliphatic rings. The van der Waals surface area contributed by atoms with E-state index in [0.29, 0.717) is 6.42 Å². The van der Waals surface area contributed by atoms with Crippen molar-refractivity contribution in [1.29, 1.82) is 0 Å². The molecule has 0 aromatic carbocycles. The first-order valence-electron chi connectivity index (χ1n) is 7.56. The molecule has 0 radical (unpaired) electrons. The van der Waals surface area contributed by atoms with Crippen LogP contribution in [-0.4, -0.2) is 16.9 Å². The van der Waals surface area contributed by atoms with E-state index in [0.717, 1.165) is 12.8 Å². The highest BCUT2D eigenvalue weighted by Crippen LogP contribution is 2.27. The van der Waals surface area contributed by atoms with Crippen molar-refractivity contribution in [3.63, 3.8) is 0 Å². The van der Waals surface area contributed by atoms with Crippen LogP contribution < -0.4 is 0 Å². The Balaban J connectivity index is 3.51. The highest BCUT2D eigenvalue weighted by atomic mass is 19.4. The van der Waals surface area contributed by atoms with Crippen molar-refractivity contribution in [2.45, 2.75) is 96.3 Å². The Morgan fingerprint density at radius 1 is 0.737 bits per heavy atom. The van der Waals surface area contributed by atoms with Crippen LogP contribution in [0.25, 0.3) is 0 Å². The van der Waals surface area contributed by atoms with Crippen molar-refractivity contribution in [3.8, 4) is 0 Å². The minimum absolute atomic E-state index is 0.0208. The first-order chi connectivity index (χ1) is 8.77. The van der Waals surface area contributed by atoms with Crippen LogP contribution in [0.3, 0.4) is 0 Å². The fourth-order valence-corrected chi connectivity index (χ4v) is 2.26. The highest BCUT2D eigenvalue weighted by Gasteiger charge is 2.28. The minimum Gasteiger partial charge on any atom is -0.390 e. The van der Waals surface area contributed by atoms with Crippen LogP contribution in [0, 0.1) is 0 Å². The Bertz CT molecular complexity index is 212. The molecule has 0 heterocycles. The van der Waals surface area contributed by atoms with Crippen LogP contribution in [0.15, 0.2) is 0 Å². The summed E-state index contributed by atoms with van der Waals surface area (Å²) < 4.78 is 36.0. The Morgan fingerprint density at radius 3 is 1.74 bits per heavy atom. The summed E-state index contributed by atoms with van der Waals surface area (Å²) in [6.45, 7) is 3.83. The molecule has 0 aromatic rings. The van der Waals surface area contributed by atoms with Gasteiger partial charge in [0, 0.05) is 6.42 Å². The SMILES string of the molecule is CCCCCCCCCC(C)(O)CCCC(F)(F)F. The van der Waals surface area contributed by atoms with Gasteiger partial charge in [0.05, 0.1) is 5.60 Å². The largest absolute Gasteiger partial charge is 0.390 e. The molecule has 0 aliphatic carbocycles. The number of unbranched alkanes of at least 4 members (excludes halogenated alkanes) is 6. The van der Waals surface area contributed by atoms with Gasteiger partial charge in [0.2, 0.25) is 0 Å². The minimum atomic E-state index is -4.10. The predicted octanol–water partition coefficient (Wildman–Crippen LogP) is 5.61. The third-order valence-corrected chi connectivity index (χ3v) is 3.49. The molecule has 116 valence electrons. The van der Waals surface area contributed by atoms with Gasteiger partial charge in [0.15, 0.2) is 0 Å². The topological polar surface area (TPSA) is 20.2 Å². The van der Waals surface area contributed by atoms with Crippen molar-refractivity contribution >= 4 is 0 Å². The van der Waals surface area contributed by atoms with Gasteiger partial charge in [0.25, 0.3) is 0 Å². The van der Waals surface area contributed by atoms with Crippen molar-refractivity contribution in [2.24, 2.45) is 0 Å². The average Bonchev–Trinajstić information content (AvgIpc) is 2.25. The van der Waals surface area contributed by atoms with E-state index in [2.05, 4.69) is 6.92 Å². The molecule has 0 amide bonds. The molecule has 0 fully saturated rings.